The molecule has 0 unspecified atom stereocenters. The molecule has 0 fully saturated rings. The van der Waals surface area contributed by atoms with Crippen molar-refractivity contribution in [2.75, 3.05) is 0 Å². The second-order valence-electron chi connectivity index (χ2n) is 3.69. The van der Waals surface area contributed by atoms with Gasteiger partial charge in [-0.1, -0.05) is 0 Å². The van der Waals surface area contributed by atoms with Gasteiger partial charge in [0.15, 0.2) is 5.65 Å². The van der Waals surface area contributed by atoms with Gasteiger partial charge in [0, 0.05) is 24.0 Å². The van der Waals surface area contributed by atoms with Crippen molar-refractivity contribution in [3.05, 3.63) is 36.8 Å². The Morgan fingerprint density at radius 3 is 2.94 bits per heavy atom. The first-order valence-electron chi connectivity index (χ1n) is 5.17. The van der Waals surface area contributed by atoms with Crippen LogP contribution in [0, 0.1) is 0 Å². The van der Waals surface area contributed by atoms with Crippen LogP contribution in [-0.2, 0) is 0 Å². The number of thiophene rings is 1. The first-order chi connectivity index (χ1) is 8.42. The van der Waals surface area contributed by atoms with Gasteiger partial charge in [0.25, 0.3) is 0 Å². The molecule has 0 aliphatic rings. The van der Waals surface area contributed by atoms with Crippen molar-refractivity contribution in [3.8, 4) is 0 Å². The predicted molar refractivity (Wildman–Crippen MR) is 68.0 cm³/mol. The number of aromatic nitrogens is 4. The second-order valence-corrected chi connectivity index (χ2v) is 4.72. The normalized spacial score (nSPS) is 11.5. The number of nitrogens with zero attached hydrogens (tertiary/aromatic N) is 4. The molecule has 4 aromatic heterocycles. The number of fused-ring (bicyclic) bond motifs is 4. The zero-order chi connectivity index (χ0) is 11.2. The van der Waals surface area contributed by atoms with Crippen molar-refractivity contribution in [2.45, 2.75) is 0 Å². The summed E-state index contributed by atoms with van der Waals surface area (Å²) in [6.07, 6.45) is 5.14. The molecule has 0 spiro atoms. The van der Waals surface area contributed by atoms with Gasteiger partial charge in [0.2, 0.25) is 0 Å². The third-order valence-corrected chi connectivity index (χ3v) is 3.71. The summed E-state index contributed by atoms with van der Waals surface area (Å²) >= 11 is 1.64. The summed E-state index contributed by atoms with van der Waals surface area (Å²) in [5, 5.41) is 1.08. The van der Waals surface area contributed by atoms with Crippen LogP contribution in [0.4, 0.5) is 0 Å². The van der Waals surface area contributed by atoms with Crippen molar-refractivity contribution in [2.24, 2.45) is 0 Å². The van der Waals surface area contributed by atoms with E-state index in [9.17, 15) is 0 Å². The Hall–Kier alpha value is -2.14. The zero-order valence-electron chi connectivity index (χ0n) is 8.66. The molecule has 0 atom stereocenters. The molecule has 4 aromatic rings. The fraction of sp³-hybridized carbons (Fsp3) is 0. The molecule has 4 rings (SSSR count). The Morgan fingerprint density at radius 1 is 1.00 bits per heavy atom. The topological polar surface area (TPSA) is 51.6 Å². The minimum absolute atomic E-state index is 0.684. The van der Waals surface area contributed by atoms with E-state index in [1.807, 2.05) is 18.2 Å². The average molecular weight is 238 g/mol. The number of pyridine rings is 2. The molecule has 0 radical (unpaired) electrons. The Balaban J connectivity index is 2.28. The Kier molecular flexibility index (Phi) is 1.67. The van der Waals surface area contributed by atoms with Gasteiger partial charge in [0.05, 0.1) is 10.2 Å². The van der Waals surface area contributed by atoms with E-state index in [1.54, 1.807) is 29.9 Å². The van der Waals surface area contributed by atoms with Crippen molar-refractivity contribution in [3.63, 3.8) is 0 Å². The first-order valence-corrected chi connectivity index (χ1v) is 5.98. The molecule has 0 aromatic carbocycles. The largest absolute Gasteiger partial charge is 0.251 e. The van der Waals surface area contributed by atoms with Crippen LogP contribution >= 0.6 is 11.3 Å². The van der Waals surface area contributed by atoms with Gasteiger partial charge in [0.1, 0.15) is 10.3 Å². The lowest BCUT2D eigenvalue weighted by atomic mass is 10.3. The average Bonchev–Trinajstić information content (AvgIpc) is 2.73. The lowest BCUT2D eigenvalue weighted by molar-refractivity contribution is 1.25. The van der Waals surface area contributed by atoms with Gasteiger partial charge in [-0.05, 0) is 18.2 Å². The Morgan fingerprint density at radius 2 is 1.94 bits per heavy atom. The standard InChI is InChI=1S/C12H6N4S/c1-2-7-10-9(17-12(7)15-3-1)6-8-11(16-10)14-5-4-13-8/h1-6H. The lowest BCUT2D eigenvalue weighted by Gasteiger charge is -1.94. The molecule has 0 saturated carbocycles. The minimum atomic E-state index is 0.684. The molecule has 0 aliphatic heterocycles. The number of hydrogen-bond acceptors (Lipinski definition) is 5. The van der Waals surface area contributed by atoms with Crippen LogP contribution < -0.4 is 0 Å². The van der Waals surface area contributed by atoms with E-state index in [1.165, 1.54) is 0 Å². The highest BCUT2D eigenvalue weighted by Gasteiger charge is 2.08. The quantitative estimate of drug-likeness (QED) is 0.472. The van der Waals surface area contributed by atoms with Crippen LogP contribution in [0.5, 0.6) is 0 Å². The fourth-order valence-electron chi connectivity index (χ4n) is 1.91. The van der Waals surface area contributed by atoms with E-state index in [0.29, 0.717) is 5.65 Å². The molecule has 0 saturated heterocycles. The van der Waals surface area contributed by atoms with Crippen molar-refractivity contribution < 1.29 is 0 Å². The van der Waals surface area contributed by atoms with E-state index in [4.69, 9.17) is 0 Å². The molecule has 0 bridgehead atoms. The fourth-order valence-corrected chi connectivity index (χ4v) is 2.93. The molecular formula is C12H6N4S. The Labute approximate surface area is 100.0 Å². The van der Waals surface area contributed by atoms with Gasteiger partial charge in [-0.2, -0.15) is 0 Å². The highest BCUT2D eigenvalue weighted by Crippen LogP contribution is 2.31. The molecule has 0 amide bonds. The lowest BCUT2D eigenvalue weighted by Crippen LogP contribution is -1.85. The van der Waals surface area contributed by atoms with Gasteiger partial charge < -0.3 is 0 Å². The summed E-state index contributed by atoms with van der Waals surface area (Å²) in [6, 6.07) is 5.99. The zero-order valence-corrected chi connectivity index (χ0v) is 9.48. The van der Waals surface area contributed by atoms with Gasteiger partial charge in [-0.15, -0.1) is 11.3 Å². The van der Waals surface area contributed by atoms with Gasteiger partial charge >= 0.3 is 0 Å². The van der Waals surface area contributed by atoms with Crippen LogP contribution in [-0.4, -0.2) is 19.9 Å². The Bertz CT molecular complexity index is 847. The molecule has 80 valence electrons. The molecule has 4 nitrogen and oxygen atoms in total. The maximum Gasteiger partial charge on any atom is 0.178 e. The highest BCUT2D eigenvalue weighted by molar-refractivity contribution is 7.25. The van der Waals surface area contributed by atoms with E-state index in [-0.39, 0.29) is 0 Å². The van der Waals surface area contributed by atoms with E-state index in [0.717, 1.165) is 25.9 Å². The van der Waals surface area contributed by atoms with E-state index >= 15 is 0 Å². The van der Waals surface area contributed by atoms with Crippen LogP contribution in [0.25, 0.3) is 31.6 Å². The molecular weight excluding hydrogens is 232 g/mol. The summed E-state index contributed by atoms with van der Waals surface area (Å²) in [5.74, 6) is 0. The smallest absolute Gasteiger partial charge is 0.178 e. The first kappa shape index (κ1) is 8.95. The summed E-state index contributed by atoms with van der Waals surface area (Å²) in [6.45, 7) is 0. The molecule has 0 N–H and O–H groups in total. The van der Waals surface area contributed by atoms with Crippen molar-refractivity contribution in [1.29, 1.82) is 0 Å². The summed E-state index contributed by atoms with van der Waals surface area (Å²) in [4.78, 5) is 18.4. The van der Waals surface area contributed by atoms with E-state index < -0.39 is 0 Å². The van der Waals surface area contributed by atoms with E-state index in [2.05, 4.69) is 19.9 Å². The van der Waals surface area contributed by atoms with Crippen molar-refractivity contribution in [1.82, 2.24) is 19.9 Å². The highest BCUT2D eigenvalue weighted by atomic mass is 32.1. The second kappa shape index (κ2) is 3.18. The summed E-state index contributed by atoms with van der Waals surface area (Å²) in [5.41, 5.74) is 2.47. The van der Waals surface area contributed by atoms with Gasteiger partial charge in [-0.25, -0.2) is 15.0 Å². The molecule has 5 heteroatoms. The molecule has 4 heterocycles. The number of hydrogen-bond donors (Lipinski definition) is 0. The van der Waals surface area contributed by atoms with Crippen LogP contribution in [0.15, 0.2) is 36.8 Å². The third-order valence-electron chi connectivity index (χ3n) is 2.66. The monoisotopic (exact) mass is 238 g/mol. The van der Waals surface area contributed by atoms with Crippen LogP contribution in [0.2, 0.25) is 0 Å². The maximum absolute atomic E-state index is 4.56. The van der Waals surface area contributed by atoms with Crippen LogP contribution in [0.3, 0.4) is 0 Å². The number of rotatable bonds is 0. The predicted octanol–water partition coefficient (Wildman–Crippen LogP) is 2.79. The molecule has 0 aliphatic carbocycles. The maximum atomic E-state index is 4.56. The van der Waals surface area contributed by atoms with Gasteiger partial charge in [-0.3, -0.25) is 4.98 Å². The minimum Gasteiger partial charge on any atom is -0.251 e. The SMILES string of the molecule is c1cnc2sc3cc4nccnc4nc3c2c1. The van der Waals surface area contributed by atoms with Crippen molar-refractivity contribution >= 4 is 42.9 Å². The molecule has 17 heavy (non-hydrogen) atoms. The third kappa shape index (κ3) is 1.23. The summed E-state index contributed by atoms with van der Waals surface area (Å²) in [7, 11) is 0. The summed E-state index contributed by atoms with van der Waals surface area (Å²) < 4.78 is 1.10. The van der Waals surface area contributed by atoms with Crippen LogP contribution in [0.1, 0.15) is 0 Å².